The lowest BCUT2D eigenvalue weighted by molar-refractivity contribution is -0.142. The van der Waals surface area contributed by atoms with Gasteiger partial charge in [-0.2, -0.15) is 11.8 Å². The van der Waals surface area contributed by atoms with E-state index in [9.17, 15) is 9.59 Å². The summed E-state index contributed by atoms with van der Waals surface area (Å²) >= 11 is 1.56. The van der Waals surface area contributed by atoms with Gasteiger partial charge in [-0.25, -0.2) is 4.79 Å². The number of amides is 1. The van der Waals surface area contributed by atoms with Gasteiger partial charge >= 0.3 is 5.97 Å². The quantitative estimate of drug-likeness (QED) is 0.578. The Morgan fingerprint density at radius 3 is 2.65 bits per heavy atom. The van der Waals surface area contributed by atoms with Gasteiger partial charge < -0.3 is 15.2 Å². The van der Waals surface area contributed by atoms with Gasteiger partial charge in [0.15, 0.2) is 0 Å². The van der Waals surface area contributed by atoms with E-state index < -0.39 is 12.0 Å². The van der Waals surface area contributed by atoms with Crippen LogP contribution in [0.15, 0.2) is 0 Å². The Balaban J connectivity index is 3.83. The summed E-state index contributed by atoms with van der Waals surface area (Å²) in [6, 6.07) is -0.791. The summed E-state index contributed by atoms with van der Waals surface area (Å²) < 4.78 is 5.16. The first kappa shape index (κ1) is 16.2. The number of nitrogens with one attached hydrogen (secondary N) is 1. The number of hydrogen-bond donors (Lipinski definition) is 2. The van der Waals surface area contributed by atoms with Crippen LogP contribution in [0.5, 0.6) is 0 Å². The highest BCUT2D eigenvalue weighted by Gasteiger charge is 2.18. The maximum absolute atomic E-state index is 11.4. The SMILES string of the molecule is CCCOCCC(=O)NC(CCSC)C(=O)O. The molecule has 0 heterocycles. The van der Waals surface area contributed by atoms with Gasteiger partial charge in [-0.05, 0) is 24.9 Å². The van der Waals surface area contributed by atoms with E-state index in [1.165, 1.54) is 0 Å². The average molecular weight is 263 g/mol. The van der Waals surface area contributed by atoms with Crippen LogP contribution >= 0.6 is 11.8 Å². The Kier molecular flexibility index (Phi) is 9.95. The molecule has 0 rings (SSSR count). The molecule has 0 spiro atoms. The molecular formula is C11H21NO4S. The maximum Gasteiger partial charge on any atom is 0.326 e. The van der Waals surface area contributed by atoms with Gasteiger partial charge in [0, 0.05) is 13.0 Å². The number of carboxylic acid groups (broad SMARTS) is 1. The van der Waals surface area contributed by atoms with Crippen molar-refractivity contribution in [1.82, 2.24) is 5.32 Å². The fourth-order valence-electron chi connectivity index (χ4n) is 1.17. The number of hydrogen-bond acceptors (Lipinski definition) is 4. The third-order valence-corrected chi connectivity index (χ3v) is 2.71. The molecule has 0 aliphatic heterocycles. The van der Waals surface area contributed by atoms with E-state index in [1.54, 1.807) is 11.8 Å². The van der Waals surface area contributed by atoms with Crippen molar-refractivity contribution < 1.29 is 19.4 Å². The normalized spacial score (nSPS) is 12.1. The zero-order valence-corrected chi connectivity index (χ0v) is 11.2. The molecule has 100 valence electrons. The van der Waals surface area contributed by atoms with Crippen LogP contribution in [0, 0.1) is 0 Å². The first-order valence-corrected chi connectivity index (χ1v) is 7.10. The highest BCUT2D eigenvalue weighted by Crippen LogP contribution is 2.01. The van der Waals surface area contributed by atoms with Gasteiger partial charge in [-0.15, -0.1) is 0 Å². The number of carbonyl (C=O) groups excluding carboxylic acids is 1. The van der Waals surface area contributed by atoms with Gasteiger partial charge in [-0.3, -0.25) is 4.79 Å². The van der Waals surface area contributed by atoms with Crippen molar-refractivity contribution in [2.45, 2.75) is 32.2 Å². The molecule has 0 saturated carbocycles. The summed E-state index contributed by atoms with van der Waals surface area (Å²) in [6.07, 6.45) is 3.47. The van der Waals surface area contributed by atoms with Gasteiger partial charge in [-0.1, -0.05) is 6.92 Å². The summed E-state index contributed by atoms with van der Waals surface area (Å²) in [7, 11) is 0. The Hall–Kier alpha value is -0.750. The number of rotatable bonds is 10. The van der Waals surface area contributed by atoms with Crippen LogP contribution in [0.3, 0.4) is 0 Å². The van der Waals surface area contributed by atoms with Crippen molar-refractivity contribution in [3.8, 4) is 0 Å². The van der Waals surface area contributed by atoms with Crippen molar-refractivity contribution >= 4 is 23.6 Å². The number of thioether (sulfide) groups is 1. The Morgan fingerprint density at radius 2 is 2.12 bits per heavy atom. The lowest BCUT2D eigenvalue weighted by atomic mass is 10.2. The Bertz CT molecular complexity index is 236. The molecule has 5 nitrogen and oxygen atoms in total. The molecule has 0 aromatic carbocycles. The van der Waals surface area contributed by atoms with Crippen molar-refractivity contribution in [3.63, 3.8) is 0 Å². The molecule has 0 fully saturated rings. The van der Waals surface area contributed by atoms with Crippen molar-refractivity contribution in [1.29, 1.82) is 0 Å². The van der Waals surface area contributed by atoms with Crippen LogP contribution < -0.4 is 5.32 Å². The molecule has 0 bridgehead atoms. The highest BCUT2D eigenvalue weighted by molar-refractivity contribution is 7.98. The standard InChI is InChI=1S/C11H21NO4S/c1-3-6-16-7-4-10(13)12-9(11(14)15)5-8-17-2/h9H,3-8H2,1-2H3,(H,12,13)(H,14,15). The largest absolute Gasteiger partial charge is 0.480 e. The molecule has 1 unspecified atom stereocenters. The molecule has 0 aliphatic rings. The number of aliphatic carboxylic acids is 1. The molecule has 0 aliphatic carbocycles. The topological polar surface area (TPSA) is 75.6 Å². The summed E-state index contributed by atoms with van der Waals surface area (Å²) in [6.45, 7) is 2.96. The summed E-state index contributed by atoms with van der Waals surface area (Å²) in [5.41, 5.74) is 0. The molecule has 1 amide bonds. The second kappa shape index (κ2) is 10.4. The van der Waals surface area contributed by atoms with E-state index in [0.29, 0.717) is 25.4 Å². The van der Waals surface area contributed by atoms with Gasteiger partial charge in [0.2, 0.25) is 5.91 Å². The minimum absolute atomic E-state index is 0.211. The van der Waals surface area contributed by atoms with Crippen molar-refractivity contribution in [3.05, 3.63) is 0 Å². The van der Waals surface area contributed by atoms with Crippen LogP contribution in [0.4, 0.5) is 0 Å². The summed E-state index contributed by atoms with van der Waals surface area (Å²) in [5.74, 6) is -0.541. The number of carboxylic acids is 1. The lowest BCUT2D eigenvalue weighted by Crippen LogP contribution is -2.41. The fraction of sp³-hybridized carbons (Fsp3) is 0.818. The van der Waals surface area contributed by atoms with E-state index in [0.717, 1.165) is 6.42 Å². The summed E-state index contributed by atoms with van der Waals surface area (Å²) in [5, 5.41) is 11.4. The first-order valence-electron chi connectivity index (χ1n) is 5.70. The monoisotopic (exact) mass is 263 g/mol. The third kappa shape index (κ3) is 9.00. The molecule has 0 aromatic heterocycles. The maximum atomic E-state index is 11.4. The van der Waals surface area contributed by atoms with E-state index >= 15 is 0 Å². The minimum Gasteiger partial charge on any atom is -0.480 e. The van der Waals surface area contributed by atoms with Crippen LogP contribution in [-0.4, -0.2) is 48.2 Å². The Labute approximate surface area is 106 Å². The Morgan fingerprint density at radius 1 is 1.41 bits per heavy atom. The first-order chi connectivity index (χ1) is 8.11. The second-order valence-electron chi connectivity index (χ2n) is 3.60. The minimum atomic E-state index is -0.984. The van der Waals surface area contributed by atoms with Gasteiger partial charge in [0.1, 0.15) is 6.04 Å². The summed E-state index contributed by atoms with van der Waals surface area (Å²) in [4.78, 5) is 22.3. The second-order valence-corrected chi connectivity index (χ2v) is 4.59. The lowest BCUT2D eigenvalue weighted by Gasteiger charge is -2.13. The van der Waals surface area contributed by atoms with E-state index in [2.05, 4.69) is 5.32 Å². The predicted molar refractivity (Wildman–Crippen MR) is 68.3 cm³/mol. The molecular weight excluding hydrogens is 242 g/mol. The van der Waals surface area contributed by atoms with Gasteiger partial charge in [0.05, 0.1) is 6.61 Å². The van der Waals surface area contributed by atoms with E-state index in [-0.39, 0.29) is 12.3 Å². The van der Waals surface area contributed by atoms with Crippen molar-refractivity contribution in [2.24, 2.45) is 0 Å². The van der Waals surface area contributed by atoms with Crippen LogP contribution in [0.25, 0.3) is 0 Å². The molecule has 0 aromatic rings. The average Bonchev–Trinajstić information content (AvgIpc) is 2.29. The zero-order valence-electron chi connectivity index (χ0n) is 10.4. The molecule has 6 heteroatoms. The van der Waals surface area contributed by atoms with Crippen LogP contribution in [-0.2, 0) is 14.3 Å². The van der Waals surface area contributed by atoms with Crippen LogP contribution in [0.1, 0.15) is 26.2 Å². The zero-order chi connectivity index (χ0) is 13.1. The van der Waals surface area contributed by atoms with Crippen molar-refractivity contribution in [2.75, 3.05) is 25.2 Å². The van der Waals surface area contributed by atoms with E-state index in [1.807, 2.05) is 13.2 Å². The molecule has 1 atom stereocenters. The molecule has 0 radical (unpaired) electrons. The fourth-order valence-corrected chi connectivity index (χ4v) is 1.64. The third-order valence-electron chi connectivity index (χ3n) is 2.07. The molecule has 17 heavy (non-hydrogen) atoms. The molecule has 0 saturated heterocycles. The van der Waals surface area contributed by atoms with E-state index in [4.69, 9.17) is 9.84 Å². The molecule has 2 N–H and O–H groups in total. The smallest absolute Gasteiger partial charge is 0.326 e. The van der Waals surface area contributed by atoms with Gasteiger partial charge in [0.25, 0.3) is 0 Å². The highest BCUT2D eigenvalue weighted by atomic mass is 32.2. The number of carbonyl (C=O) groups is 2. The van der Waals surface area contributed by atoms with Crippen LogP contribution in [0.2, 0.25) is 0 Å². The predicted octanol–water partition coefficient (Wildman–Crippen LogP) is 1.13. The number of ether oxygens (including phenoxy) is 1.